The molecule has 0 saturated carbocycles. The molecule has 2 heterocycles. The molecule has 1 saturated heterocycles. The van der Waals surface area contributed by atoms with E-state index in [9.17, 15) is 23.3 Å². The van der Waals surface area contributed by atoms with Crippen molar-refractivity contribution in [3.63, 3.8) is 0 Å². The van der Waals surface area contributed by atoms with E-state index in [1.165, 1.54) is 16.6 Å². The number of nitro benzene ring substituents is 1. The van der Waals surface area contributed by atoms with E-state index in [1.807, 2.05) is 18.2 Å². The number of carbonyl (C=O) groups is 1. The molecule has 1 fully saturated rings. The topological polar surface area (TPSA) is 114 Å². The Morgan fingerprint density at radius 3 is 2.50 bits per heavy atom. The van der Waals surface area contributed by atoms with Crippen molar-refractivity contribution < 1.29 is 18.1 Å². The lowest BCUT2D eigenvalue weighted by molar-refractivity contribution is -0.385. The van der Waals surface area contributed by atoms with Crippen LogP contribution in [-0.2, 0) is 23.0 Å². The van der Waals surface area contributed by atoms with Gasteiger partial charge in [-0.3, -0.25) is 19.8 Å². The molecular weight excluding hydrogens is 480 g/mol. The first kappa shape index (κ1) is 24.2. The molecule has 178 valence electrons. The van der Waals surface area contributed by atoms with Crippen LogP contribution >= 0.6 is 11.6 Å². The van der Waals surface area contributed by atoms with Crippen molar-refractivity contribution in [2.45, 2.75) is 13.0 Å². The van der Waals surface area contributed by atoms with Crippen molar-refractivity contribution >= 4 is 44.0 Å². The van der Waals surface area contributed by atoms with Crippen LogP contribution < -0.4 is 0 Å². The van der Waals surface area contributed by atoms with Crippen molar-refractivity contribution in [3.05, 3.63) is 80.5 Å². The molecule has 0 aliphatic carbocycles. The fraction of sp³-hybridized carbons (Fsp3) is 0.304. The molecule has 1 aliphatic heterocycles. The van der Waals surface area contributed by atoms with Gasteiger partial charge >= 0.3 is 0 Å². The van der Waals surface area contributed by atoms with Gasteiger partial charge in [0.25, 0.3) is 5.69 Å². The van der Waals surface area contributed by atoms with E-state index in [0.29, 0.717) is 43.8 Å². The van der Waals surface area contributed by atoms with Gasteiger partial charge in [0.15, 0.2) is 5.78 Å². The van der Waals surface area contributed by atoms with Crippen LogP contribution in [0.2, 0.25) is 5.15 Å². The zero-order chi connectivity index (χ0) is 24.5. The number of rotatable bonds is 7. The Kier molecular flexibility index (Phi) is 6.94. The molecule has 0 unspecified atom stereocenters. The fourth-order valence-electron chi connectivity index (χ4n) is 4.09. The van der Waals surface area contributed by atoms with Crippen LogP contribution in [0.5, 0.6) is 0 Å². The number of Topliss-reactive ketones (excluding diaryl/α,β-unsaturated/α-hetero) is 1. The largest absolute Gasteiger partial charge is 0.296 e. The van der Waals surface area contributed by atoms with Crippen molar-refractivity contribution in [1.82, 2.24) is 14.2 Å². The number of sulfonamides is 1. The minimum atomic E-state index is -3.22. The average Bonchev–Trinajstić information content (AvgIpc) is 2.78. The minimum Gasteiger partial charge on any atom is -0.296 e. The Morgan fingerprint density at radius 1 is 1.12 bits per heavy atom. The first-order chi connectivity index (χ1) is 16.1. The normalized spacial score (nSPS) is 15.5. The predicted octanol–water partition coefficient (Wildman–Crippen LogP) is 3.30. The highest BCUT2D eigenvalue weighted by molar-refractivity contribution is 7.88. The number of hydrogen-bond acceptors (Lipinski definition) is 7. The van der Waals surface area contributed by atoms with Gasteiger partial charge in [-0.25, -0.2) is 13.4 Å². The monoisotopic (exact) mass is 502 g/mol. The van der Waals surface area contributed by atoms with Crippen molar-refractivity contribution in [2.24, 2.45) is 0 Å². The van der Waals surface area contributed by atoms with Gasteiger partial charge in [0.1, 0.15) is 5.15 Å². The number of hydrogen-bond donors (Lipinski definition) is 0. The zero-order valence-electron chi connectivity index (χ0n) is 18.5. The van der Waals surface area contributed by atoms with Gasteiger partial charge < -0.3 is 0 Å². The number of pyridine rings is 1. The molecule has 0 amide bonds. The molecule has 0 spiro atoms. The quantitative estimate of drug-likeness (QED) is 0.211. The Morgan fingerprint density at radius 2 is 1.82 bits per heavy atom. The highest BCUT2D eigenvalue weighted by Gasteiger charge is 2.25. The molecule has 0 N–H and O–H groups in total. The molecule has 11 heteroatoms. The number of para-hydroxylation sites is 1. The van der Waals surface area contributed by atoms with E-state index in [4.69, 9.17) is 11.6 Å². The summed E-state index contributed by atoms with van der Waals surface area (Å²) >= 11 is 6.25. The van der Waals surface area contributed by atoms with Crippen LogP contribution in [0.15, 0.2) is 48.5 Å². The third-order valence-corrected chi connectivity index (χ3v) is 7.47. The Hall–Kier alpha value is -2.92. The van der Waals surface area contributed by atoms with E-state index in [0.717, 1.165) is 10.9 Å². The lowest BCUT2D eigenvalue weighted by atomic mass is 9.99. The van der Waals surface area contributed by atoms with Crippen LogP contribution in [0, 0.1) is 10.1 Å². The molecule has 9 nitrogen and oxygen atoms in total. The number of nitrogens with zero attached hydrogens (tertiary/aromatic N) is 4. The molecule has 1 aromatic heterocycles. The van der Waals surface area contributed by atoms with Gasteiger partial charge in [0.05, 0.1) is 22.3 Å². The lowest BCUT2D eigenvalue weighted by Gasteiger charge is -2.33. The summed E-state index contributed by atoms with van der Waals surface area (Å²) in [4.78, 5) is 30.5. The van der Waals surface area contributed by atoms with Crippen LogP contribution in [0.4, 0.5) is 5.69 Å². The smallest absolute Gasteiger partial charge is 0.273 e. The van der Waals surface area contributed by atoms with Crippen LogP contribution in [0.3, 0.4) is 0 Å². The number of benzene rings is 2. The summed E-state index contributed by atoms with van der Waals surface area (Å²) in [6, 6.07) is 13.7. The predicted molar refractivity (Wildman–Crippen MR) is 130 cm³/mol. The Labute approximate surface area is 202 Å². The molecule has 0 atom stereocenters. The maximum absolute atomic E-state index is 13.1. The van der Waals surface area contributed by atoms with Crippen molar-refractivity contribution in [1.29, 1.82) is 0 Å². The van der Waals surface area contributed by atoms with Gasteiger partial charge in [-0.2, -0.15) is 4.31 Å². The van der Waals surface area contributed by atoms with Crippen LogP contribution in [-0.4, -0.2) is 65.7 Å². The van der Waals surface area contributed by atoms with E-state index in [1.54, 1.807) is 24.3 Å². The highest BCUT2D eigenvalue weighted by atomic mass is 35.5. The van der Waals surface area contributed by atoms with Crippen molar-refractivity contribution in [3.8, 4) is 0 Å². The lowest BCUT2D eigenvalue weighted by Crippen LogP contribution is -2.47. The summed E-state index contributed by atoms with van der Waals surface area (Å²) in [6.45, 7) is 2.39. The molecule has 0 radical (unpaired) electrons. The molecule has 3 aromatic rings. The summed E-state index contributed by atoms with van der Waals surface area (Å²) < 4.78 is 24.9. The highest BCUT2D eigenvalue weighted by Crippen LogP contribution is 2.26. The van der Waals surface area contributed by atoms with Gasteiger partial charge in [0.2, 0.25) is 10.0 Å². The number of fused-ring (bicyclic) bond motifs is 1. The Balaban J connectivity index is 1.54. The number of halogens is 1. The minimum absolute atomic E-state index is 0.0613. The van der Waals surface area contributed by atoms with E-state index < -0.39 is 14.9 Å². The standard InChI is InChI=1S/C23H23ClN4O5S/c1-34(32,33)27-10-8-26(9-11-27)15-16-6-7-21(28(30)31)18(12-16)14-22(29)19-13-17-4-2-3-5-20(17)25-23(19)24/h2-7,12-13H,8-11,14-15H2,1H3. The number of aromatic nitrogens is 1. The molecule has 0 bridgehead atoms. The van der Waals surface area contributed by atoms with Crippen LogP contribution in [0.1, 0.15) is 21.5 Å². The van der Waals surface area contributed by atoms with E-state index in [2.05, 4.69) is 9.88 Å². The third-order valence-electron chi connectivity index (χ3n) is 5.88. The number of ketones is 1. The van der Waals surface area contributed by atoms with E-state index in [-0.39, 0.29) is 28.6 Å². The molecular formula is C23H23ClN4O5S. The fourth-order valence-corrected chi connectivity index (χ4v) is 5.17. The second kappa shape index (κ2) is 9.75. The Bertz CT molecular complexity index is 1370. The number of nitro groups is 1. The first-order valence-corrected chi connectivity index (χ1v) is 12.9. The first-order valence-electron chi connectivity index (χ1n) is 10.6. The summed E-state index contributed by atoms with van der Waals surface area (Å²) in [5.74, 6) is -0.356. The third kappa shape index (κ3) is 5.41. The van der Waals surface area contributed by atoms with Crippen molar-refractivity contribution in [2.75, 3.05) is 32.4 Å². The van der Waals surface area contributed by atoms with Gasteiger partial charge in [0, 0.05) is 56.2 Å². The average molecular weight is 503 g/mol. The van der Waals surface area contributed by atoms with Gasteiger partial charge in [-0.1, -0.05) is 35.9 Å². The molecule has 2 aromatic carbocycles. The summed E-state index contributed by atoms with van der Waals surface area (Å²) in [5.41, 5.74) is 1.85. The maximum atomic E-state index is 13.1. The summed E-state index contributed by atoms with van der Waals surface area (Å²) in [6.07, 6.45) is 1.01. The number of carbonyl (C=O) groups excluding carboxylic acids is 1. The zero-order valence-corrected chi connectivity index (χ0v) is 20.1. The molecule has 4 rings (SSSR count). The second-order valence-corrected chi connectivity index (χ2v) is 10.6. The van der Waals surface area contributed by atoms with Gasteiger partial charge in [-0.15, -0.1) is 0 Å². The number of piperazine rings is 1. The summed E-state index contributed by atoms with van der Waals surface area (Å²) in [5, 5.41) is 12.4. The van der Waals surface area contributed by atoms with Crippen LogP contribution in [0.25, 0.3) is 10.9 Å². The molecule has 34 heavy (non-hydrogen) atoms. The molecule has 1 aliphatic rings. The van der Waals surface area contributed by atoms with Gasteiger partial charge in [-0.05, 0) is 23.8 Å². The second-order valence-electron chi connectivity index (χ2n) is 8.28. The summed E-state index contributed by atoms with van der Waals surface area (Å²) in [7, 11) is -3.22. The van der Waals surface area contributed by atoms with E-state index >= 15 is 0 Å². The maximum Gasteiger partial charge on any atom is 0.273 e. The SMILES string of the molecule is CS(=O)(=O)N1CCN(Cc2ccc([N+](=O)[O-])c(CC(=O)c3cc4ccccc4nc3Cl)c2)CC1.